The SMILES string of the molecule is COc1ccc(OC)c([C@@H]2CCCN2C(=S)Nc2ccc(F)cc2)c1. The first-order chi connectivity index (χ1) is 12.1. The number of ether oxygens (including phenoxy) is 2. The summed E-state index contributed by atoms with van der Waals surface area (Å²) in [5.41, 5.74) is 1.83. The Kier molecular flexibility index (Phi) is 5.38. The van der Waals surface area contributed by atoms with Crippen LogP contribution in [-0.4, -0.2) is 30.8 Å². The molecule has 0 aromatic heterocycles. The number of benzene rings is 2. The molecule has 4 nitrogen and oxygen atoms in total. The second-order valence-corrected chi connectivity index (χ2v) is 6.28. The van der Waals surface area contributed by atoms with E-state index in [1.165, 1.54) is 12.1 Å². The number of thiocarbonyl (C=S) groups is 1. The van der Waals surface area contributed by atoms with E-state index in [2.05, 4.69) is 10.2 Å². The summed E-state index contributed by atoms with van der Waals surface area (Å²) in [4.78, 5) is 2.15. The van der Waals surface area contributed by atoms with Gasteiger partial charge in [-0.3, -0.25) is 0 Å². The first kappa shape index (κ1) is 17.5. The van der Waals surface area contributed by atoms with E-state index in [0.717, 1.165) is 42.1 Å². The van der Waals surface area contributed by atoms with Gasteiger partial charge in [0.15, 0.2) is 5.11 Å². The summed E-state index contributed by atoms with van der Waals surface area (Å²) < 4.78 is 24.0. The van der Waals surface area contributed by atoms with E-state index in [0.29, 0.717) is 5.11 Å². The molecule has 1 saturated heterocycles. The van der Waals surface area contributed by atoms with Crippen LogP contribution < -0.4 is 14.8 Å². The fourth-order valence-corrected chi connectivity index (χ4v) is 3.50. The molecule has 0 amide bonds. The van der Waals surface area contributed by atoms with Crippen molar-refractivity contribution in [3.63, 3.8) is 0 Å². The van der Waals surface area contributed by atoms with Crippen LogP contribution in [0.3, 0.4) is 0 Å². The van der Waals surface area contributed by atoms with Gasteiger partial charge in [-0.25, -0.2) is 4.39 Å². The van der Waals surface area contributed by atoms with Crippen molar-refractivity contribution < 1.29 is 13.9 Å². The molecule has 1 atom stereocenters. The Bertz CT molecular complexity index is 752. The fraction of sp³-hybridized carbons (Fsp3) is 0.316. The molecule has 2 aromatic carbocycles. The minimum Gasteiger partial charge on any atom is -0.497 e. The average Bonchev–Trinajstić information content (AvgIpc) is 3.12. The number of nitrogens with zero attached hydrogens (tertiary/aromatic N) is 1. The highest BCUT2D eigenvalue weighted by molar-refractivity contribution is 7.80. The van der Waals surface area contributed by atoms with Crippen molar-refractivity contribution in [2.24, 2.45) is 0 Å². The lowest BCUT2D eigenvalue weighted by molar-refractivity contribution is 0.362. The standard InChI is InChI=1S/C19H21FN2O2S/c1-23-15-9-10-18(24-2)16(12-15)17-4-3-11-22(17)19(25)21-14-7-5-13(20)6-8-14/h5-10,12,17H,3-4,11H2,1-2H3,(H,21,25)/t17-/m0/s1. The number of methoxy groups -OCH3 is 2. The maximum atomic E-state index is 13.1. The van der Waals surface area contributed by atoms with Crippen molar-refractivity contribution in [2.45, 2.75) is 18.9 Å². The number of anilines is 1. The van der Waals surface area contributed by atoms with Gasteiger partial charge in [-0.15, -0.1) is 0 Å². The molecule has 2 aromatic rings. The molecule has 1 fully saturated rings. The third-order valence-electron chi connectivity index (χ3n) is 4.41. The number of rotatable bonds is 4. The monoisotopic (exact) mass is 360 g/mol. The second-order valence-electron chi connectivity index (χ2n) is 5.90. The van der Waals surface area contributed by atoms with Gasteiger partial charge in [0.25, 0.3) is 0 Å². The highest BCUT2D eigenvalue weighted by atomic mass is 32.1. The van der Waals surface area contributed by atoms with Gasteiger partial charge in [0.1, 0.15) is 17.3 Å². The maximum Gasteiger partial charge on any atom is 0.173 e. The molecule has 1 N–H and O–H groups in total. The fourth-order valence-electron chi connectivity index (χ4n) is 3.16. The van der Waals surface area contributed by atoms with E-state index in [-0.39, 0.29) is 11.9 Å². The molecular weight excluding hydrogens is 339 g/mol. The summed E-state index contributed by atoms with van der Waals surface area (Å²) in [6.07, 6.45) is 2.02. The van der Waals surface area contributed by atoms with Crippen molar-refractivity contribution in [1.82, 2.24) is 4.90 Å². The molecule has 1 aliphatic heterocycles. The number of hydrogen-bond donors (Lipinski definition) is 1. The summed E-state index contributed by atoms with van der Waals surface area (Å²) in [7, 11) is 3.32. The Hall–Kier alpha value is -2.34. The van der Waals surface area contributed by atoms with Gasteiger partial charge >= 0.3 is 0 Å². The number of hydrogen-bond acceptors (Lipinski definition) is 3. The highest BCUT2D eigenvalue weighted by Crippen LogP contribution is 2.39. The van der Waals surface area contributed by atoms with E-state index in [9.17, 15) is 4.39 Å². The van der Waals surface area contributed by atoms with E-state index >= 15 is 0 Å². The first-order valence-electron chi connectivity index (χ1n) is 8.17. The summed E-state index contributed by atoms with van der Waals surface area (Å²) >= 11 is 5.60. The number of nitrogens with one attached hydrogen (secondary N) is 1. The zero-order valence-corrected chi connectivity index (χ0v) is 15.1. The Labute approximate surface area is 152 Å². The Morgan fingerprint density at radius 2 is 1.92 bits per heavy atom. The number of halogens is 1. The minimum absolute atomic E-state index is 0.116. The molecule has 1 aliphatic rings. The van der Waals surface area contributed by atoms with E-state index in [1.54, 1.807) is 26.4 Å². The van der Waals surface area contributed by atoms with Crippen molar-refractivity contribution in [2.75, 3.05) is 26.1 Å². The van der Waals surface area contributed by atoms with Crippen LogP contribution in [0.5, 0.6) is 11.5 Å². The summed E-state index contributed by atoms with van der Waals surface area (Å²) in [5, 5.41) is 3.82. The van der Waals surface area contributed by atoms with Gasteiger partial charge in [-0.1, -0.05) is 0 Å². The topological polar surface area (TPSA) is 33.7 Å². The van der Waals surface area contributed by atoms with Gasteiger partial charge in [0.05, 0.1) is 20.3 Å². The van der Waals surface area contributed by atoms with Crippen molar-refractivity contribution in [3.8, 4) is 11.5 Å². The Balaban J connectivity index is 1.82. The minimum atomic E-state index is -0.267. The third kappa shape index (κ3) is 3.85. The zero-order valence-electron chi connectivity index (χ0n) is 14.3. The molecule has 3 rings (SSSR count). The van der Waals surface area contributed by atoms with Gasteiger partial charge in [-0.05, 0) is 67.5 Å². The molecule has 6 heteroatoms. The van der Waals surface area contributed by atoms with Crippen molar-refractivity contribution in [1.29, 1.82) is 0 Å². The van der Waals surface area contributed by atoms with Gasteiger partial charge < -0.3 is 19.7 Å². The van der Waals surface area contributed by atoms with Gasteiger partial charge in [0, 0.05) is 17.8 Å². The molecule has 0 unspecified atom stereocenters. The molecular formula is C19H21FN2O2S. The molecule has 132 valence electrons. The lowest BCUT2D eigenvalue weighted by Crippen LogP contribution is -2.34. The van der Waals surface area contributed by atoms with E-state index in [4.69, 9.17) is 21.7 Å². The normalized spacial score (nSPS) is 16.6. The van der Waals surface area contributed by atoms with Crippen LogP contribution in [0.2, 0.25) is 0 Å². The average molecular weight is 360 g/mol. The summed E-state index contributed by atoms with van der Waals surface area (Å²) in [5.74, 6) is 1.35. The lowest BCUT2D eigenvalue weighted by Gasteiger charge is -2.29. The maximum absolute atomic E-state index is 13.1. The molecule has 0 aliphatic carbocycles. The van der Waals surface area contributed by atoms with Crippen LogP contribution in [0.15, 0.2) is 42.5 Å². The van der Waals surface area contributed by atoms with Crippen LogP contribution >= 0.6 is 12.2 Å². The van der Waals surface area contributed by atoms with Crippen molar-refractivity contribution >= 4 is 23.0 Å². The lowest BCUT2D eigenvalue weighted by atomic mass is 10.0. The third-order valence-corrected chi connectivity index (χ3v) is 4.74. The van der Waals surface area contributed by atoms with E-state index < -0.39 is 0 Å². The van der Waals surface area contributed by atoms with Crippen LogP contribution in [0.1, 0.15) is 24.4 Å². The summed E-state index contributed by atoms with van der Waals surface area (Å²) in [6, 6.07) is 12.1. The zero-order chi connectivity index (χ0) is 17.8. The van der Waals surface area contributed by atoms with Crippen molar-refractivity contribution in [3.05, 3.63) is 53.8 Å². The number of likely N-dealkylation sites (tertiary alicyclic amines) is 1. The quantitative estimate of drug-likeness (QED) is 0.819. The Morgan fingerprint density at radius 1 is 1.16 bits per heavy atom. The molecule has 0 saturated carbocycles. The van der Waals surface area contributed by atoms with Crippen LogP contribution in [0.25, 0.3) is 0 Å². The molecule has 0 radical (unpaired) electrons. The molecule has 25 heavy (non-hydrogen) atoms. The second kappa shape index (κ2) is 7.70. The molecule has 0 bridgehead atoms. The smallest absolute Gasteiger partial charge is 0.173 e. The molecule has 1 heterocycles. The van der Waals surface area contributed by atoms with Crippen LogP contribution in [-0.2, 0) is 0 Å². The van der Waals surface area contributed by atoms with Crippen LogP contribution in [0.4, 0.5) is 10.1 Å². The van der Waals surface area contributed by atoms with Crippen LogP contribution in [0, 0.1) is 5.82 Å². The predicted molar refractivity (Wildman–Crippen MR) is 101 cm³/mol. The summed E-state index contributed by atoms with van der Waals surface area (Å²) in [6.45, 7) is 0.859. The first-order valence-corrected chi connectivity index (χ1v) is 8.58. The van der Waals surface area contributed by atoms with Gasteiger partial charge in [-0.2, -0.15) is 0 Å². The van der Waals surface area contributed by atoms with E-state index in [1.807, 2.05) is 18.2 Å². The van der Waals surface area contributed by atoms with Gasteiger partial charge in [0.2, 0.25) is 0 Å². The highest BCUT2D eigenvalue weighted by Gasteiger charge is 2.30. The Morgan fingerprint density at radius 3 is 2.60 bits per heavy atom. The predicted octanol–water partition coefficient (Wildman–Crippen LogP) is 4.38. The largest absolute Gasteiger partial charge is 0.497 e. The molecule has 0 spiro atoms.